The van der Waals surface area contributed by atoms with Crippen molar-refractivity contribution < 1.29 is 9.47 Å². The topological polar surface area (TPSA) is 42.2 Å². The molecule has 0 radical (unpaired) electrons. The van der Waals surface area contributed by atoms with Gasteiger partial charge in [0.15, 0.2) is 11.5 Å². The Kier molecular flexibility index (Phi) is 6.95. The largest absolute Gasteiger partial charge is 0.490 e. The maximum Gasteiger partial charge on any atom is 0.174 e. The van der Waals surface area contributed by atoms with Gasteiger partial charge in [0.1, 0.15) is 0 Å². The van der Waals surface area contributed by atoms with E-state index >= 15 is 0 Å². The normalized spacial score (nSPS) is 11.0. The summed E-state index contributed by atoms with van der Waals surface area (Å²) in [4.78, 5) is 0. The Labute approximate surface area is 161 Å². The van der Waals surface area contributed by atoms with Gasteiger partial charge in [-0.15, -0.1) is 0 Å². The van der Waals surface area contributed by atoms with Crippen molar-refractivity contribution in [2.24, 2.45) is 0 Å². The third kappa shape index (κ3) is 4.65. The van der Waals surface area contributed by atoms with Crippen LogP contribution in [-0.4, -0.2) is 13.2 Å². The van der Waals surface area contributed by atoms with E-state index in [2.05, 4.69) is 28.7 Å². The Balaban J connectivity index is 2.46. The smallest absolute Gasteiger partial charge is 0.174 e. The second kappa shape index (κ2) is 8.95. The first-order valence-electron chi connectivity index (χ1n) is 7.55. The molecule has 2 aromatic rings. The zero-order valence-electron chi connectivity index (χ0n) is 13.5. The number of allylic oxidation sites excluding steroid dienone is 1. The van der Waals surface area contributed by atoms with Crippen molar-refractivity contribution in [3.05, 3.63) is 56.1 Å². The third-order valence-corrected chi connectivity index (χ3v) is 4.26. The van der Waals surface area contributed by atoms with Gasteiger partial charge in [-0.25, -0.2) is 0 Å². The average Bonchev–Trinajstić information content (AvgIpc) is 2.57. The first-order valence-corrected chi connectivity index (χ1v) is 9.01. The van der Waals surface area contributed by atoms with Gasteiger partial charge in [0.05, 0.1) is 28.4 Å². The van der Waals surface area contributed by atoms with Gasteiger partial charge in [-0.1, -0.05) is 23.7 Å². The van der Waals surface area contributed by atoms with Crippen molar-refractivity contribution in [3.63, 3.8) is 0 Å². The standard InChI is InChI=1S/C19H17ClINO2/c1-3-23-18-11-13(10-17(21)19(18)24-4-2)9-15(12-22)14-5-7-16(20)8-6-14/h5-11H,3-4H2,1-2H3/b15-9-. The number of hydrogen-bond acceptors (Lipinski definition) is 3. The van der Waals surface area contributed by atoms with Crippen LogP contribution >= 0.6 is 34.2 Å². The molecule has 0 saturated heterocycles. The van der Waals surface area contributed by atoms with Crippen molar-refractivity contribution in [1.82, 2.24) is 0 Å². The molecule has 0 fully saturated rings. The summed E-state index contributed by atoms with van der Waals surface area (Å²) in [7, 11) is 0. The number of halogens is 2. The predicted octanol–water partition coefficient (Wildman–Crippen LogP) is 5.81. The highest BCUT2D eigenvalue weighted by Gasteiger charge is 2.12. The molecule has 24 heavy (non-hydrogen) atoms. The van der Waals surface area contributed by atoms with Crippen LogP contribution in [0.15, 0.2) is 36.4 Å². The summed E-state index contributed by atoms with van der Waals surface area (Å²) in [6.45, 7) is 4.98. The van der Waals surface area contributed by atoms with E-state index in [-0.39, 0.29) is 0 Å². The van der Waals surface area contributed by atoms with Crippen LogP contribution < -0.4 is 9.47 Å². The Morgan fingerprint density at radius 2 is 1.83 bits per heavy atom. The summed E-state index contributed by atoms with van der Waals surface area (Å²) >= 11 is 8.13. The molecule has 0 N–H and O–H groups in total. The van der Waals surface area contributed by atoms with Crippen molar-refractivity contribution in [1.29, 1.82) is 5.26 Å². The van der Waals surface area contributed by atoms with Crippen molar-refractivity contribution in [2.75, 3.05) is 13.2 Å². The van der Waals surface area contributed by atoms with E-state index < -0.39 is 0 Å². The van der Waals surface area contributed by atoms with Crippen LogP contribution in [0.25, 0.3) is 11.6 Å². The fraction of sp³-hybridized carbons (Fsp3) is 0.211. The lowest BCUT2D eigenvalue weighted by molar-refractivity contribution is 0.286. The fourth-order valence-corrected chi connectivity index (χ4v) is 3.10. The van der Waals surface area contributed by atoms with Gasteiger partial charge >= 0.3 is 0 Å². The molecule has 0 bridgehead atoms. The van der Waals surface area contributed by atoms with Crippen molar-refractivity contribution in [2.45, 2.75) is 13.8 Å². The lowest BCUT2D eigenvalue weighted by Crippen LogP contribution is -2.00. The monoisotopic (exact) mass is 453 g/mol. The van der Waals surface area contributed by atoms with Gasteiger partial charge in [0.25, 0.3) is 0 Å². The highest BCUT2D eigenvalue weighted by Crippen LogP contribution is 2.35. The summed E-state index contributed by atoms with van der Waals surface area (Å²) in [6, 6.07) is 13.3. The van der Waals surface area contributed by atoms with Crippen LogP contribution in [-0.2, 0) is 0 Å². The SMILES string of the molecule is CCOc1cc(/C=C(/C#N)c2ccc(Cl)cc2)cc(I)c1OCC. The van der Waals surface area contributed by atoms with Crippen LogP contribution in [0.1, 0.15) is 25.0 Å². The van der Waals surface area contributed by atoms with Gasteiger partial charge < -0.3 is 9.47 Å². The average molecular weight is 454 g/mol. The molecule has 0 amide bonds. The zero-order valence-corrected chi connectivity index (χ0v) is 16.4. The fourth-order valence-electron chi connectivity index (χ4n) is 2.19. The molecule has 124 valence electrons. The van der Waals surface area contributed by atoms with Crippen LogP contribution in [0.5, 0.6) is 11.5 Å². The summed E-state index contributed by atoms with van der Waals surface area (Å²) in [5.74, 6) is 1.42. The second-order valence-corrected chi connectivity index (χ2v) is 6.47. The Morgan fingerprint density at radius 1 is 1.17 bits per heavy atom. The molecule has 0 heterocycles. The molecule has 0 spiro atoms. The van der Waals surface area contributed by atoms with Gasteiger partial charge in [-0.05, 0) is 77.9 Å². The molecule has 0 aliphatic rings. The second-order valence-electron chi connectivity index (χ2n) is 4.87. The van der Waals surface area contributed by atoms with Crippen LogP contribution in [0.2, 0.25) is 5.02 Å². The van der Waals surface area contributed by atoms with Gasteiger partial charge in [0.2, 0.25) is 0 Å². The zero-order chi connectivity index (χ0) is 17.5. The highest BCUT2D eigenvalue weighted by atomic mass is 127. The van der Waals surface area contributed by atoms with Crippen LogP contribution in [0, 0.1) is 14.9 Å². The Morgan fingerprint density at radius 3 is 2.42 bits per heavy atom. The summed E-state index contributed by atoms with van der Waals surface area (Å²) in [5.41, 5.74) is 2.27. The minimum Gasteiger partial charge on any atom is -0.490 e. The van der Waals surface area contributed by atoms with E-state index in [0.29, 0.717) is 29.6 Å². The molecular weight excluding hydrogens is 437 g/mol. The molecular formula is C19H17ClINO2. The third-order valence-electron chi connectivity index (χ3n) is 3.21. The van der Waals surface area contributed by atoms with E-state index in [9.17, 15) is 5.26 Å². The lowest BCUT2D eigenvalue weighted by Gasteiger charge is -2.13. The van der Waals surface area contributed by atoms with Crippen molar-refractivity contribution in [3.8, 4) is 17.6 Å². The van der Waals surface area contributed by atoms with E-state index in [1.807, 2.05) is 44.2 Å². The van der Waals surface area contributed by atoms with E-state index in [0.717, 1.165) is 20.4 Å². The molecule has 2 rings (SSSR count). The number of nitrogens with zero attached hydrogens (tertiary/aromatic N) is 1. The number of benzene rings is 2. The number of hydrogen-bond donors (Lipinski definition) is 0. The number of nitriles is 1. The summed E-state index contributed by atoms with van der Waals surface area (Å²) < 4.78 is 12.3. The van der Waals surface area contributed by atoms with E-state index in [4.69, 9.17) is 21.1 Å². The molecule has 0 aliphatic carbocycles. The lowest BCUT2D eigenvalue weighted by atomic mass is 10.0. The number of ether oxygens (including phenoxy) is 2. The van der Waals surface area contributed by atoms with E-state index in [1.165, 1.54) is 0 Å². The van der Waals surface area contributed by atoms with Gasteiger partial charge in [-0.2, -0.15) is 5.26 Å². The van der Waals surface area contributed by atoms with Crippen molar-refractivity contribution >= 4 is 45.8 Å². The predicted molar refractivity (Wildman–Crippen MR) is 106 cm³/mol. The van der Waals surface area contributed by atoms with Gasteiger partial charge in [-0.3, -0.25) is 0 Å². The minimum atomic E-state index is 0.547. The van der Waals surface area contributed by atoms with Crippen LogP contribution in [0.4, 0.5) is 0 Å². The molecule has 0 aromatic heterocycles. The Hall–Kier alpha value is -1.71. The quantitative estimate of drug-likeness (QED) is 0.315. The maximum atomic E-state index is 9.48. The molecule has 0 aliphatic heterocycles. The first-order chi connectivity index (χ1) is 11.6. The van der Waals surface area contributed by atoms with E-state index in [1.54, 1.807) is 12.1 Å². The molecule has 5 heteroatoms. The molecule has 0 unspecified atom stereocenters. The Bertz CT molecular complexity index is 779. The minimum absolute atomic E-state index is 0.547. The molecule has 0 atom stereocenters. The molecule has 3 nitrogen and oxygen atoms in total. The maximum absolute atomic E-state index is 9.48. The van der Waals surface area contributed by atoms with Gasteiger partial charge in [0, 0.05) is 5.02 Å². The highest BCUT2D eigenvalue weighted by molar-refractivity contribution is 14.1. The van der Waals surface area contributed by atoms with Crippen LogP contribution in [0.3, 0.4) is 0 Å². The summed E-state index contributed by atoms with van der Waals surface area (Å²) in [5, 5.41) is 10.1. The number of rotatable bonds is 6. The molecule has 2 aromatic carbocycles. The summed E-state index contributed by atoms with van der Waals surface area (Å²) in [6.07, 6.45) is 1.84. The molecule has 0 saturated carbocycles. The first kappa shape index (κ1) is 18.6.